The van der Waals surface area contributed by atoms with Gasteiger partial charge in [0.25, 0.3) is 0 Å². The highest BCUT2D eigenvalue weighted by molar-refractivity contribution is 7.97. The minimum atomic E-state index is 0.0368. The third-order valence-electron chi connectivity index (χ3n) is 2.81. The summed E-state index contributed by atoms with van der Waals surface area (Å²) < 4.78 is 2.02. The summed E-state index contributed by atoms with van der Waals surface area (Å²) in [4.78, 5) is 0. The summed E-state index contributed by atoms with van der Waals surface area (Å²) >= 11 is 1.84. The largest absolute Gasteiger partial charge is 0.267 e. The first kappa shape index (κ1) is 13.2. The van der Waals surface area contributed by atoms with Gasteiger partial charge in [0.1, 0.15) is 0 Å². The molecular formula is C15H20N2S. The molecule has 0 aliphatic carbocycles. The van der Waals surface area contributed by atoms with Crippen molar-refractivity contribution in [2.45, 2.75) is 32.1 Å². The van der Waals surface area contributed by atoms with Crippen LogP contribution in [0.4, 0.5) is 0 Å². The second kappa shape index (κ2) is 5.19. The van der Waals surface area contributed by atoms with Crippen molar-refractivity contribution < 1.29 is 0 Å². The minimum Gasteiger partial charge on any atom is -0.267 e. The number of rotatable bonds is 3. The van der Waals surface area contributed by atoms with Crippen LogP contribution in [0.15, 0.2) is 36.5 Å². The van der Waals surface area contributed by atoms with Crippen LogP contribution in [0.5, 0.6) is 0 Å². The van der Waals surface area contributed by atoms with E-state index in [0.29, 0.717) is 0 Å². The lowest BCUT2D eigenvalue weighted by Crippen LogP contribution is -2.22. The zero-order chi connectivity index (χ0) is 13.2. The number of thioether (sulfide) groups is 1. The van der Waals surface area contributed by atoms with E-state index in [4.69, 9.17) is 0 Å². The van der Waals surface area contributed by atoms with Gasteiger partial charge in [0.15, 0.2) is 0 Å². The third kappa shape index (κ3) is 2.96. The van der Waals surface area contributed by atoms with Crippen LogP contribution in [0.1, 0.15) is 26.3 Å². The number of nitrogens with zero attached hydrogens (tertiary/aromatic N) is 2. The molecule has 0 aliphatic rings. The van der Waals surface area contributed by atoms with Crippen LogP contribution in [0.2, 0.25) is 0 Å². The Hall–Kier alpha value is -1.22. The zero-order valence-electron chi connectivity index (χ0n) is 11.5. The van der Waals surface area contributed by atoms with Crippen LogP contribution < -0.4 is 0 Å². The molecule has 0 radical (unpaired) electrons. The van der Waals surface area contributed by atoms with Gasteiger partial charge in [-0.25, -0.2) is 0 Å². The van der Waals surface area contributed by atoms with Crippen molar-refractivity contribution in [3.8, 4) is 11.3 Å². The van der Waals surface area contributed by atoms with Crippen LogP contribution in [0.25, 0.3) is 11.3 Å². The molecule has 0 N–H and O–H groups in total. The Morgan fingerprint density at radius 2 is 2.00 bits per heavy atom. The number of aromatic nitrogens is 2. The van der Waals surface area contributed by atoms with E-state index in [9.17, 15) is 0 Å². The van der Waals surface area contributed by atoms with Gasteiger partial charge in [-0.05, 0) is 44.7 Å². The second-order valence-corrected chi connectivity index (χ2v) is 6.32. The normalized spacial score (nSPS) is 11.8. The third-order valence-corrected chi connectivity index (χ3v) is 3.43. The molecule has 1 aromatic heterocycles. The average molecular weight is 260 g/mol. The zero-order valence-corrected chi connectivity index (χ0v) is 12.3. The van der Waals surface area contributed by atoms with Crippen LogP contribution in [0.3, 0.4) is 0 Å². The summed E-state index contributed by atoms with van der Waals surface area (Å²) in [6.07, 6.45) is 4.18. The van der Waals surface area contributed by atoms with Crippen LogP contribution in [0, 0.1) is 0 Å². The van der Waals surface area contributed by atoms with Gasteiger partial charge in [-0.15, -0.1) is 0 Å². The minimum absolute atomic E-state index is 0.0368. The first-order chi connectivity index (χ1) is 8.50. The molecule has 3 heteroatoms. The molecule has 2 nitrogen and oxygen atoms in total. The fourth-order valence-corrected chi connectivity index (χ4v) is 2.35. The van der Waals surface area contributed by atoms with Crippen molar-refractivity contribution in [2.24, 2.45) is 0 Å². The van der Waals surface area contributed by atoms with E-state index < -0.39 is 0 Å². The molecule has 0 saturated heterocycles. The van der Waals surface area contributed by atoms with E-state index >= 15 is 0 Å². The topological polar surface area (TPSA) is 17.8 Å². The van der Waals surface area contributed by atoms with Gasteiger partial charge >= 0.3 is 0 Å². The number of hydrogen-bond donors (Lipinski definition) is 0. The summed E-state index contributed by atoms with van der Waals surface area (Å²) in [5, 5.41) is 4.66. The van der Waals surface area contributed by atoms with Crippen LogP contribution in [-0.4, -0.2) is 16.0 Å². The maximum atomic E-state index is 4.66. The Balaban J connectivity index is 2.31. The molecule has 2 rings (SSSR count). The van der Waals surface area contributed by atoms with Gasteiger partial charge in [0, 0.05) is 17.5 Å². The fraction of sp³-hybridized carbons (Fsp3) is 0.400. The second-order valence-electron chi connectivity index (χ2n) is 5.45. The first-order valence-corrected chi connectivity index (χ1v) is 7.54. The Kier molecular flexibility index (Phi) is 3.81. The smallest absolute Gasteiger partial charge is 0.0923 e. The summed E-state index contributed by atoms with van der Waals surface area (Å²) in [7, 11) is 0. The fourth-order valence-electron chi connectivity index (χ4n) is 1.84. The van der Waals surface area contributed by atoms with E-state index in [-0.39, 0.29) is 5.54 Å². The first-order valence-electron chi connectivity index (χ1n) is 6.15. The maximum absolute atomic E-state index is 4.66. The molecule has 0 bridgehead atoms. The summed E-state index contributed by atoms with van der Waals surface area (Å²) in [6.45, 7) is 6.48. The molecule has 0 spiro atoms. The highest BCUT2D eigenvalue weighted by Crippen LogP contribution is 2.22. The van der Waals surface area contributed by atoms with Crippen LogP contribution >= 0.6 is 11.8 Å². The quantitative estimate of drug-likeness (QED) is 0.824. The lowest BCUT2D eigenvalue weighted by Gasteiger charge is -2.18. The van der Waals surface area contributed by atoms with Gasteiger partial charge in [-0.1, -0.05) is 18.2 Å². The summed E-state index contributed by atoms with van der Waals surface area (Å²) in [6, 6.07) is 10.7. The maximum Gasteiger partial charge on any atom is 0.0923 e. The molecule has 0 atom stereocenters. The van der Waals surface area contributed by atoms with Crippen LogP contribution in [-0.2, 0) is 11.3 Å². The monoisotopic (exact) mass is 260 g/mol. The molecule has 0 amide bonds. The van der Waals surface area contributed by atoms with Crippen molar-refractivity contribution >= 4 is 11.8 Å². The van der Waals surface area contributed by atoms with Crippen molar-refractivity contribution in [2.75, 3.05) is 6.26 Å². The summed E-state index contributed by atoms with van der Waals surface area (Å²) in [5.41, 5.74) is 3.64. The molecule has 0 aliphatic heterocycles. The Morgan fingerprint density at radius 1 is 1.22 bits per heavy atom. The van der Waals surface area contributed by atoms with Crippen molar-refractivity contribution in [3.63, 3.8) is 0 Å². The van der Waals surface area contributed by atoms with E-state index in [2.05, 4.69) is 68.7 Å². The number of hydrogen-bond acceptors (Lipinski definition) is 2. The van der Waals surface area contributed by atoms with E-state index in [1.165, 1.54) is 11.1 Å². The summed E-state index contributed by atoms with van der Waals surface area (Å²) in [5.74, 6) is 1.05. The molecule has 18 heavy (non-hydrogen) atoms. The van der Waals surface area contributed by atoms with Crippen molar-refractivity contribution in [3.05, 3.63) is 42.1 Å². The van der Waals surface area contributed by atoms with E-state index in [1.807, 2.05) is 16.4 Å². The molecule has 96 valence electrons. The average Bonchev–Trinajstić information content (AvgIpc) is 2.78. The SMILES string of the molecule is CSCc1cccc(-c2ccn(C(C)(C)C)n2)c1. The standard InChI is InChI=1S/C15H20N2S/c1-15(2,3)17-9-8-14(16-17)13-7-5-6-12(10-13)11-18-4/h5-10H,11H2,1-4H3. The van der Waals surface area contributed by atoms with Gasteiger partial charge < -0.3 is 0 Å². The molecule has 2 aromatic rings. The predicted octanol–water partition coefficient (Wildman–Crippen LogP) is 4.17. The number of benzene rings is 1. The lowest BCUT2D eigenvalue weighted by molar-refractivity contribution is 0.356. The van der Waals surface area contributed by atoms with Gasteiger partial charge in [-0.2, -0.15) is 16.9 Å². The molecule has 1 heterocycles. The predicted molar refractivity (Wildman–Crippen MR) is 79.9 cm³/mol. The molecular weight excluding hydrogens is 240 g/mol. The Labute approximate surface area is 113 Å². The van der Waals surface area contributed by atoms with E-state index in [0.717, 1.165) is 11.4 Å². The molecule has 0 unspecified atom stereocenters. The van der Waals surface area contributed by atoms with Gasteiger partial charge in [-0.3, -0.25) is 4.68 Å². The molecule has 1 aromatic carbocycles. The highest BCUT2D eigenvalue weighted by atomic mass is 32.2. The Bertz CT molecular complexity index is 523. The van der Waals surface area contributed by atoms with Gasteiger partial charge in [0.05, 0.1) is 11.2 Å². The Morgan fingerprint density at radius 3 is 2.61 bits per heavy atom. The molecule has 0 saturated carbocycles. The van der Waals surface area contributed by atoms with E-state index in [1.54, 1.807) is 0 Å². The van der Waals surface area contributed by atoms with Crippen molar-refractivity contribution in [1.29, 1.82) is 0 Å². The molecule has 0 fully saturated rings. The van der Waals surface area contributed by atoms with Gasteiger partial charge in [0.2, 0.25) is 0 Å². The lowest BCUT2D eigenvalue weighted by atomic mass is 10.1. The van der Waals surface area contributed by atoms with Crippen molar-refractivity contribution in [1.82, 2.24) is 9.78 Å². The highest BCUT2D eigenvalue weighted by Gasteiger charge is 2.14.